The molecule has 0 fully saturated rings. The summed E-state index contributed by atoms with van der Waals surface area (Å²) >= 11 is 0. The zero-order chi connectivity index (χ0) is 16.0. The SMILES string of the molecule is CCc1cccc(C)c1N(C)C(=O)NC(=N)N(CC)CC. The van der Waals surface area contributed by atoms with Gasteiger partial charge in [0.15, 0.2) is 5.96 Å². The largest absolute Gasteiger partial charge is 0.343 e. The summed E-state index contributed by atoms with van der Waals surface area (Å²) in [6.07, 6.45) is 0.863. The lowest BCUT2D eigenvalue weighted by atomic mass is 10.1. The number of amides is 2. The molecular formula is C16H26N4O. The summed E-state index contributed by atoms with van der Waals surface area (Å²) in [5.41, 5.74) is 3.10. The lowest BCUT2D eigenvalue weighted by molar-refractivity contribution is 0.250. The number of aryl methyl sites for hydroxylation is 2. The maximum atomic E-state index is 12.4. The van der Waals surface area contributed by atoms with E-state index in [-0.39, 0.29) is 12.0 Å². The molecule has 0 radical (unpaired) electrons. The van der Waals surface area contributed by atoms with E-state index in [9.17, 15) is 4.79 Å². The van der Waals surface area contributed by atoms with Crippen LogP contribution in [0.5, 0.6) is 0 Å². The van der Waals surface area contributed by atoms with E-state index in [1.165, 1.54) is 0 Å². The highest BCUT2D eigenvalue weighted by molar-refractivity contribution is 6.03. The van der Waals surface area contributed by atoms with Gasteiger partial charge in [0.2, 0.25) is 0 Å². The number of benzene rings is 1. The molecule has 1 aromatic carbocycles. The Bertz CT molecular complexity index is 509. The summed E-state index contributed by atoms with van der Waals surface area (Å²) in [4.78, 5) is 15.7. The maximum absolute atomic E-state index is 12.4. The number of nitrogens with one attached hydrogen (secondary N) is 2. The van der Waals surface area contributed by atoms with Crippen LogP contribution < -0.4 is 10.2 Å². The van der Waals surface area contributed by atoms with Gasteiger partial charge in [0.1, 0.15) is 0 Å². The topological polar surface area (TPSA) is 59.4 Å². The molecule has 0 bridgehead atoms. The van der Waals surface area contributed by atoms with Crippen molar-refractivity contribution in [2.75, 3.05) is 25.0 Å². The third-order valence-corrected chi connectivity index (χ3v) is 3.65. The Hall–Kier alpha value is -2.04. The van der Waals surface area contributed by atoms with Gasteiger partial charge in [0, 0.05) is 20.1 Å². The fraction of sp³-hybridized carbons (Fsp3) is 0.500. The predicted octanol–water partition coefficient (Wildman–Crippen LogP) is 2.98. The number of hydrogen-bond acceptors (Lipinski definition) is 2. The summed E-state index contributed by atoms with van der Waals surface area (Å²) in [7, 11) is 1.74. The van der Waals surface area contributed by atoms with Gasteiger partial charge in [-0.3, -0.25) is 15.6 Å². The first-order valence-electron chi connectivity index (χ1n) is 7.42. The molecule has 0 saturated carbocycles. The van der Waals surface area contributed by atoms with Crippen molar-refractivity contribution in [1.29, 1.82) is 5.41 Å². The van der Waals surface area contributed by atoms with Crippen molar-refractivity contribution >= 4 is 17.7 Å². The Morgan fingerprint density at radius 1 is 1.24 bits per heavy atom. The monoisotopic (exact) mass is 290 g/mol. The second-order valence-electron chi connectivity index (χ2n) is 4.95. The third kappa shape index (κ3) is 3.97. The molecule has 5 nitrogen and oxygen atoms in total. The van der Waals surface area contributed by atoms with E-state index < -0.39 is 0 Å². The molecule has 0 saturated heterocycles. The maximum Gasteiger partial charge on any atom is 0.328 e. The van der Waals surface area contributed by atoms with Gasteiger partial charge in [-0.05, 0) is 38.3 Å². The standard InChI is InChI=1S/C16H26N4O/c1-6-13-11-9-10-12(4)14(13)19(5)16(21)18-15(17)20(7-2)8-3/h9-11H,6-8H2,1-5H3,(H2,17,18,21). The molecule has 0 aliphatic rings. The second-order valence-corrected chi connectivity index (χ2v) is 4.95. The molecule has 1 rings (SSSR count). The number of nitrogens with zero attached hydrogens (tertiary/aromatic N) is 2. The number of hydrogen-bond donors (Lipinski definition) is 2. The first-order valence-corrected chi connectivity index (χ1v) is 7.42. The number of carbonyl (C=O) groups excluding carboxylic acids is 1. The van der Waals surface area contributed by atoms with Gasteiger partial charge in [0.05, 0.1) is 5.69 Å². The van der Waals surface area contributed by atoms with Crippen LogP contribution >= 0.6 is 0 Å². The van der Waals surface area contributed by atoms with Crippen molar-refractivity contribution < 1.29 is 4.79 Å². The molecule has 21 heavy (non-hydrogen) atoms. The van der Waals surface area contributed by atoms with E-state index in [0.29, 0.717) is 13.1 Å². The molecule has 2 N–H and O–H groups in total. The predicted molar refractivity (Wildman–Crippen MR) is 88.1 cm³/mol. The number of para-hydroxylation sites is 1. The van der Waals surface area contributed by atoms with E-state index in [1.54, 1.807) is 16.8 Å². The molecule has 0 aliphatic heterocycles. The normalized spacial score (nSPS) is 10.1. The van der Waals surface area contributed by atoms with Gasteiger partial charge in [-0.15, -0.1) is 0 Å². The Kier molecular flexibility index (Phi) is 6.21. The Labute approximate surface area is 127 Å². The van der Waals surface area contributed by atoms with E-state index in [1.807, 2.05) is 39.0 Å². The number of carbonyl (C=O) groups is 1. The summed E-state index contributed by atoms with van der Waals surface area (Å²) in [5, 5.41) is 10.6. The first kappa shape index (κ1) is 17.0. The zero-order valence-electron chi connectivity index (χ0n) is 13.7. The second kappa shape index (κ2) is 7.67. The van der Waals surface area contributed by atoms with Crippen LogP contribution in [0, 0.1) is 12.3 Å². The minimum atomic E-state index is -0.282. The van der Waals surface area contributed by atoms with Gasteiger partial charge >= 0.3 is 6.03 Å². The third-order valence-electron chi connectivity index (χ3n) is 3.65. The highest BCUT2D eigenvalue weighted by Crippen LogP contribution is 2.24. The van der Waals surface area contributed by atoms with Crippen molar-refractivity contribution in [3.8, 4) is 0 Å². The van der Waals surface area contributed by atoms with Crippen LogP contribution in [0.2, 0.25) is 0 Å². The molecule has 0 atom stereocenters. The van der Waals surface area contributed by atoms with Gasteiger partial charge in [-0.25, -0.2) is 4.79 Å². The smallest absolute Gasteiger partial charge is 0.328 e. The van der Waals surface area contributed by atoms with Crippen molar-refractivity contribution in [2.24, 2.45) is 0 Å². The van der Waals surface area contributed by atoms with Gasteiger partial charge in [-0.2, -0.15) is 0 Å². The van der Waals surface area contributed by atoms with Gasteiger partial charge in [0.25, 0.3) is 0 Å². The van der Waals surface area contributed by atoms with Gasteiger partial charge < -0.3 is 4.90 Å². The van der Waals surface area contributed by atoms with Crippen LogP contribution in [0.3, 0.4) is 0 Å². The summed E-state index contributed by atoms with van der Waals surface area (Å²) in [5.74, 6) is 0.142. The van der Waals surface area contributed by atoms with Crippen LogP contribution in [-0.2, 0) is 6.42 Å². The molecule has 0 aromatic heterocycles. The molecule has 5 heteroatoms. The fourth-order valence-corrected chi connectivity index (χ4v) is 2.39. The lowest BCUT2D eigenvalue weighted by Crippen LogP contribution is -2.48. The average molecular weight is 290 g/mol. The Morgan fingerprint density at radius 2 is 1.86 bits per heavy atom. The first-order chi connectivity index (χ1) is 9.96. The highest BCUT2D eigenvalue weighted by atomic mass is 16.2. The summed E-state index contributed by atoms with van der Waals surface area (Å²) < 4.78 is 0. The van der Waals surface area contributed by atoms with Gasteiger partial charge in [-0.1, -0.05) is 25.1 Å². The Morgan fingerprint density at radius 3 is 2.38 bits per heavy atom. The van der Waals surface area contributed by atoms with Crippen LogP contribution in [0.25, 0.3) is 0 Å². The van der Waals surface area contributed by atoms with Crippen LogP contribution in [-0.4, -0.2) is 37.0 Å². The van der Waals surface area contributed by atoms with Crippen LogP contribution in [0.15, 0.2) is 18.2 Å². The van der Waals surface area contributed by atoms with Crippen molar-refractivity contribution in [3.63, 3.8) is 0 Å². The summed E-state index contributed by atoms with van der Waals surface area (Å²) in [6, 6.07) is 5.74. The molecule has 1 aromatic rings. The molecule has 0 unspecified atom stereocenters. The molecule has 0 heterocycles. The fourth-order valence-electron chi connectivity index (χ4n) is 2.39. The number of urea groups is 1. The number of anilines is 1. The molecule has 116 valence electrons. The van der Waals surface area contributed by atoms with Crippen LogP contribution in [0.1, 0.15) is 31.9 Å². The van der Waals surface area contributed by atoms with E-state index >= 15 is 0 Å². The number of rotatable bonds is 4. The minimum absolute atomic E-state index is 0.142. The molecule has 0 spiro atoms. The molecule has 0 aliphatic carbocycles. The highest BCUT2D eigenvalue weighted by Gasteiger charge is 2.18. The average Bonchev–Trinajstić information content (AvgIpc) is 2.47. The van der Waals surface area contributed by atoms with E-state index in [4.69, 9.17) is 5.41 Å². The minimum Gasteiger partial charge on any atom is -0.343 e. The zero-order valence-corrected chi connectivity index (χ0v) is 13.7. The lowest BCUT2D eigenvalue weighted by Gasteiger charge is -2.26. The van der Waals surface area contributed by atoms with Crippen LogP contribution in [0.4, 0.5) is 10.5 Å². The van der Waals surface area contributed by atoms with Crippen molar-refractivity contribution in [1.82, 2.24) is 10.2 Å². The molecular weight excluding hydrogens is 264 g/mol. The van der Waals surface area contributed by atoms with Crippen molar-refractivity contribution in [2.45, 2.75) is 34.1 Å². The molecule has 2 amide bonds. The quantitative estimate of drug-likeness (QED) is 0.661. The summed E-state index contributed by atoms with van der Waals surface area (Å²) in [6.45, 7) is 9.39. The van der Waals surface area contributed by atoms with E-state index in [0.717, 1.165) is 23.2 Å². The van der Waals surface area contributed by atoms with E-state index in [2.05, 4.69) is 12.2 Å². The Balaban J connectivity index is 2.91. The van der Waals surface area contributed by atoms with Crippen molar-refractivity contribution in [3.05, 3.63) is 29.3 Å². The number of guanidine groups is 1.